The van der Waals surface area contributed by atoms with E-state index in [1.54, 1.807) is 0 Å². The van der Waals surface area contributed by atoms with Crippen molar-refractivity contribution in [3.05, 3.63) is 65.9 Å². The van der Waals surface area contributed by atoms with Gasteiger partial charge in [0, 0.05) is 32.7 Å². The number of para-hydroxylation sites is 2. The van der Waals surface area contributed by atoms with E-state index in [9.17, 15) is 4.79 Å². The lowest BCUT2D eigenvalue weighted by Crippen LogP contribution is -2.50. The Bertz CT molecular complexity index is 987. The molecule has 1 aliphatic rings. The number of carbonyl (C=O) groups excluding carboxylic acids is 1. The fraction of sp³-hybridized carbons (Fsp3) is 0.348. The van der Waals surface area contributed by atoms with E-state index in [0.29, 0.717) is 0 Å². The van der Waals surface area contributed by atoms with E-state index in [-0.39, 0.29) is 11.2 Å². The number of thioether (sulfide) groups is 1. The van der Waals surface area contributed by atoms with Crippen molar-refractivity contribution < 1.29 is 4.79 Å². The molecule has 1 aromatic heterocycles. The van der Waals surface area contributed by atoms with Gasteiger partial charge in [-0.2, -0.15) is 0 Å². The molecule has 1 unspecified atom stereocenters. The van der Waals surface area contributed by atoms with Crippen molar-refractivity contribution in [3.8, 4) is 0 Å². The summed E-state index contributed by atoms with van der Waals surface area (Å²) in [5, 5.41) is 0.664. The lowest BCUT2D eigenvalue weighted by Gasteiger charge is -2.35. The maximum Gasteiger partial charge on any atom is 0.235 e. The number of carbonyl (C=O) groups is 1. The molecular formula is C23H26N4OS. The fourth-order valence-corrected chi connectivity index (χ4v) is 4.58. The average molecular weight is 407 g/mol. The molecule has 1 atom stereocenters. The smallest absolute Gasteiger partial charge is 0.235 e. The Kier molecular flexibility index (Phi) is 6.11. The molecule has 1 saturated heterocycles. The normalized spacial score (nSPS) is 16.1. The largest absolute Gasteiger partial charge is 0.339 e. The van der Waals surface area contributed by atoms with Crippen LogP contribution in [-0.4, -0.2) is 57.1 Å². The van der Waals surface area contributed by atoms with Gasteiger partial charge >= 0.3 is 0 Å². The van der Waals surface area contributed by atoms with Gasteiger partial charge in [0.05, 0.1) is 22.0 Å². The molecule has 0 saturated carbocycles. The maximum absolute atomic E-state index is 13.0. The zero-order valence-corrected chi connectivity index (χ0v) is 17.7. The summed E-state index contributed by atoms with van der Waals surface area (Å²) in [5.41, 5.74) is 3.96. The van der Waals surface area contributed by atoms with E-state index in [4.69, 9.17) is 4.98 Å². The number of rotatable bonds is 5. The molecule has 6 heteroatoms. The molecule has 0 N–H and O–H groups in total. The van der Waals surface area contributed by atoms with Gasteiger partial charge in [0.2, 0.25) is 5.91 Å². The van der Waals surface area contributed by atoms with Crippen LogP contribution in [0.5, 0.6) is 0 Å². The van der Waals surface area contributed by atoms with Crippen LogP contribution in [0.25, 0.3) is 11.0 Å². The highest BCUT2D eigenvalue weighted by Gasteiger charge is 2.26. The number of fused-ring (bicyclic) bond motifs is 1. The number of piperazine rings is 1. The minimum atomic E-state index is -0.176. The molecule has 29 heavy (non-hydrogen) atoms. The Morgan fingerprint density at radius 3 is 2.28 bits per heavy atom. The van der Waals surface area contributed by atoms with Gasteiger partial charge < -0.3 is 4.90 Å². The summed E-state index contributed by atoms with van der Waals surface area (Å²) in [5.74, 6) is 0.184. The van der Waals surface area contributed by atoms with Crippen LogP contribution in [-0.2, 0) is 11.3 Å². The van der Waals surface area contributed by atoms with E-state index >= 15 is 0 Å². The fourth-order valence-electron chi connectivity index (χ4n) is 3.63. The van der Waals surface area contributed by atoms with Gasteiger partial charge in [0.25, 0.3) is 0 Å². The number of hydrogen-bond donors (Lipinski definition) is 0. The Morgan fingerprint density at radius 1 is 0.966 bits per heavy atom. The van der Waals surface area contributed by atoms with Crippen molar-refractivity contribution in [2.75, 3.05) is 26.2 Å². The van der Waals surface area contributed by atoms with E-state index < -0.39 is 0 Å². The first kappa shape index (κ1) is 19.9. The quantitative estimate of drug-likeness (QED) is 0.604. The van der Waals surface area contributed by atoms with Crippen molar-refractivity contribution in [3.63, 3.8) is 0 Å². The van der Waals surface area contributed by atoms with Gasteiger partial charge in [0.15, 0.2) is 0 Å². The van der Waals surface area contributed by atoms with Crippen molar-refractivity contribution in [1.82, 2.24) is 19.8 Å². The highest BCUT2D eigenvalue weighted by Crippen LogP contribution is 2.27. The monoisotopic (exact) mass is 406 g/mol. The van der Waals surface area contributed by atoms with Gasteiger partial charge in [-0.1, -0.05) is 54.2 Å². The molecule has 1 fully saturated rings. The van der Waals surface area contributed by atoms with Crippen LogP contribution in [0.15, 0.2) is 59.6 Å². The van der Waals surface area contributed by atoms with E-state index in [1.165, 1.54) is 17.3 Å². The number of hydrogen-bond acceptors (Lipinski definition) is 5. The maximum atomic E-state index is 13.0. The third kappa shape index (κ3) is 4.77. The van der Waals surface area contributed by atoms with Crippen molar-refractivity contribution in [1.29, 1.82) is 0 Å². The highest BCUT2D eigenvalue weighted by molar-refractivity contribution is 8.00. The lowest BCUT2D eigenvalue weighted by molar-refractivity contribution is -0.132. The van der Waals surface area contributed by atoms with Crippen LogP contribution in [0, 0.1) is 6.92 Å². The molecule has 4 rings (SSSR count). The topological polar surface area (TPSA) is 49.3 Å². The summed E-state index contributed by atoms with van der Waals surface area (Å²) in [4.78, 5) is 26.7. The molecule has 150 valence electrons. The SMILES string of the molecule is Cc1nc2ccccc2nc1SC(C)C(=O)N1CCN(Cc2ccccc2)CC1. The predicted octanol–water partition coefficient (Wildman–Crippen LogP) is 3.76. The predicted molar refractivity (Wildman–Crippen MR) is 118 cm³/mol. The minimum Gasteiger partial charge on any atom is -0.339 e. The molecule has 0 radical (unpaired) electrons. The Labute approximate surface area is 176 Å². The first-order valence-corrected chi connectivity index (χ1v) is 10.9. The van der Waals surface area contributed by atoms with Crippen molar-refractivity contribution in [2.24, 2.45) is 0 Å². The zero-order valence-electron chi connectivity index (χ0n) is 16.9. The molecule has 3 aromatic rings. The van der Waals surface area contributed by atoms with Crippen LogP contribution >= 0.6 is 11.8 Å². The summed E-state index contributed by atoms with van der Waals surface area (Å²) in [6, 6.07) is 18.4. The average Bonchev–Trinajstić information content (AvgIpc) is 2.75. The van der Waals surface area contributed by atoms with E-state index in [0.717, 1.165) is 54.5 Å². The van der Waals surface area contributed by atoms with Crippen molar-refractivity contribution in [2.45, 2.75) is 30.7 Å². The number of aryl methyl sites for hydroxylation is 1. The number of aromatic nitrogens is 2. The van der Waals surface area contributed by atoms with Crippen LogP contribution in [0.4, 0.5) is 0 Å². The number of nitrogens with zero attached hydrogens (tertiary/aromatic N) is 4. The number of benzene rings is 2. The van der Waals surface area contributed by atoms with Crippen LogP contribution in [0.3, 0.4) is 0 Å². The molecule has 2 aromatic carbocycles. The molecular weight excluding hydrogens is 380 g/mol. The van der Waals surface area contributed by atoms with E-state index in [2.05, 4.69) is 34.1 Å². The first-order chi connectivity index (χ1) is 14.1. The number of amides is 1. The molecule has 0 bridgehead atoms. The second-order valence-corrected chi connectivity index (χ2v) is 8.78. The molecule has 0 aliphatic carbocycles. The minimum absolute atomic E-state index is 0.176. The standard InChI is InChI=1S/C23H26N4OS/c1-17-22(25-21-11-7-6-10-20(21)24-17)29-18(2)23(28)27-14-12-26(13-15-27)16-19-8-4-3-5-9-19/h3-11,18H,12-16H2,1-2H3. The van der Waals surface area contributed by atoms with Gasteiger partial charge in [-0.3, -0.25) is 9.69 Å². The van der Waals surface area contributed by atoms with Crippen molar-refractivity contribution >= 4 is 28.7 Å². The summed E-state index contributed by atoms with van der Waals surface area (Å²) in [7, 11) is 0. The summed E-state index contributed by atoms with van der Waals surface area (Å²) in [6.07, 6.45) is 0. The van der Waals surface area contributed by atoms with Gasteiger partial charge in [-0.05, 0) is 31.5 Å². The van der Waals surface area contributed by atoms with E-state index in [1.807, 2.05) is 49.1 Å². The first-order valence-electron chi connectivity index (χ1n) is 10.1. The third-order valence-electron chi connectivity index (χ3n) is 5.27. The molecule has 0 spiro atoms. The zero-order chi connectivity index (χ0) is 20.2. The second kappa shape index (κ2) is 8.93. The summed E-state index contributed by atoms with van der Waals surface area (Å²) in [6.45, 7) is 8.25. The lowest BCUT2D eigenvalue weighted by atomic mass is 10.2. The summed E-state index contributed by atoms with van der Waals surface area (Å²) >= 11 is 1.51. The van der Waals surface area contributed by atoms with Crippen LogP contribution in [0.2, 0.25) is 0 Å². The second-order valence-electron chi connectivity index (χ2n) is 7.45. The Hall–Kier alpha value is -2.44. The molecule has 5 nitrogen and oxygen atoms in total. The highest BCUT2D eigenvalue weighted by atomic mass is 32.2. The third-order valence-corrected chi connectivity index (χ3v) is 6.44. The van der Waals surface area contributed by atoms with Crippen LogP contribution < -0.4 is 0 Å². The summed E-state index contributed by atoms with van der Waals surface area (Å²) < 4.78 is 0. The van der Waals surface area contributed by atoms with Crippen LogP contribution in [0.1, 0.15) is 18.2 Å². The van der Waals surface area contributed by atoms with Gasteiger partial charge in [-0.25, -0.2) is 9.97 Å². The molecule has 2 heterocycles. The van der Waals surface area contributed by atoms with Gasteiger partial charge in [-0.15, -0.1) is 0 Å². The Balaban J connectivity index is 1.35. The molecule has 1 aliphatic heterocycles. The molecule has 1 amide bonds. The Morgan fingerprint density at radius 2 is 1.59 bits per heavy atom. The van der Waals surface area contributed by atoms with Gasteiger partial charge in [0.1, 0.15) is 5.03 Å².